The molecule has 0 aromatic rings. The number of ether oxygens (including phenoxy) is 2. The van der Waals surface area contributed by atoms with Crippen molar-refractivity contribution in [2.45, 2.75) is 103 Å². The van der Waals surface area contributed by atoms with E-state index >= 15 is 0 Å². The molecule has 35 heavy (non-hydrogen) atoms. The summed E-state index contributed by atoms with van der Waals surface area (Å²) < 4.78 is 11.0. The number of esters is 1. The van der Waals surface area contributed by atoms with E-state index in [1.165, 1.54) is 6.08 Å². The molecule has 8 nitrogen and oxygen atoms in total. The Labute approximate surface area is 233 Å². The zero-order chi connectivity index (χ0) is 25.5. The predicted octanol–water partition coefficient (Wildman–Crippen LogP) is 0.498. The molecule has 1 fully saturated rings. The van der Waals surface area contributed by atoms with Gasteiger partial charge in [0.15, 0.2) is 0 Å². The van der Waals surface area contributed by atoms with Gasteiger partial charge in [0, 0.05) is 18.4 Å². The maximum absolute atomic E-state index is 12.0. The Hall–Kier alpha value is -0.740. The Morgan fingerprint density at radius 1 is 1.09 bits per heavy atom. The fourth-order valence-corrected chi connectivity index (χ4v) is 3.84. The Kier molecular flexibility index (Phi) is 19.0. The molecule has 6 atom stereocenters. The van der Waals surface area contributed by atoms with E-state index in [-0.39, 0.29) is 49.2 Å². The van der Waals surface area contributed by atoms with Crippen molar-refractivity contribution in [2.75, 3.05) is 13.2 Å². The van der Waals surface area contributed by atoms with Crippen molar-refractivity contribution >= 4 is 11.9 Å². The fourth-order valence-electron chi connectivity index (χ4n) is 3.84. The van der Waals surface area contributed by atoms with Crippen molar-refractivity contribution < 1.29 is 70.5 Å². The monoisotopic (exact) mass is 508 g/mol. The number of carboxylic acids is 1. The number of rotatable bonds is 16. The van der Waals surface area contributed by atoms with E-state index in [0.717, 1.165) is 32.1 Å². The van der Waals surface area contributed by atoms with Crippen molar-refractivity contribution in [1.82, 2.24) is 0 Å². The molecule has 0 bridgehead atoms. The van der Waals surface area contributed by atoms with Crippen LogP contribution >= 0.6 is 0 Å². The standard InChI is InChI=1S/C26H44O8.Na.H/c1-18(16-24(30)33-14-9-7-5-4-6-8-13-23(28)29)15-22-26(32)25(31)21(17-34-22)12-10-11-19(2)20(3)27;;/h10-11,16,19-22,25-27,31-32H,4-9,12-15,17H2,1-3H3,(H,28,29);;/q;+1;-1/b11-10+,18-16+;;/t19-,20+,21+,22+,25-,26+;;/m1../s1. The predicted molar refractivity (Wildman–Crippen MR) is 130 cm³/mol. The first-order valence-corrected chi connectivity index (χ1v) is 12.5. The molecule has 0 aliphatic carbocycles. The van der Waals surface area contributed by atoms with Gasteiger partial charge in [-0.1, -0.05) is 50.3 Å². The molecule has 9 heteroatoms. The number of unbranched alkanes of at least 4 members (excludes halogenated alkanes) is 5. The van der Waals surface area contributed by atoms with Gasteiger partial charge in [0.2, 0.25) is 0 Å². The van der Waals surface area contributed by atoms with Crippen LogP contribution in [0.15, 0.2) is 23.8 Å². The Morgan fingerprint density at radius 3 is 2.34 bits per heavy atom. The van der Waals surface area contributed by atoms with Crippen LogP contribution < -0.4 is 29.6 Å². The van der Waals surface area contributed by atoms with Crippen LogP contribution in [0.4, 0.5) is 0 Å². The van der Waals surface area contributed by atoms with E-state index in [9.17, 15) is 24.9 Å². The maximum Gasteiger partial charge on any atom is 1.00 e. The van der Waals surface area contributed by atoms with Gasteiger partial charge in [0.05, 0.1) is 31.5 Å². The van der Waals surface area contributed by atoms with E-state index < -0.39 is 36.4 Å². The van der Waals surface area contributed by atoms with Crippen molar-refractivity contribution in [1.29, 1.82) is 0 Å². The first-order chi connectivity index (χ1) is 16.1. The third-order valence-corrected chi connectivity index (χ3v) is 6.29. The minimum absolute atomic E-state index is 0. The Balaban J connectivity index is 0. The second-order valence-electron chi connectivity index (χ2n) is 9.50. The quantitative estimate of drug-likeness (QED) is 0.0779. The average Bonchev–Trinajstić information content (AvgIpc) is 2.76. The summed E-state index contributed by atoms with van der Waals surface area (Å²) in [5.74, 6) is -1.40. The molecule has 0 aromatic carbocycles. The van der Waals surface area contributed by atoms with Crippen molar-refractivity contribution in [3.05, 3.63) is 23.8 Å². The summed E-state index contributed by atoms with van der Waals surface area (Å²) in [6, 6.07) is 0. The van der Waals surface area contributed by atoms with Crippen LogP contribution in [0, 0.1) is 11.8 Å². The summed E-state index contributed by atoms with van der Waals surface area (Å²) in [6.07, 6.45) is 8.56. The molecule has 0 radical (unpaired) electrons. The van der Waals surface area contributed by atoms with Crippen molar-refractivity contribution in [3.8, 4) is 0 Å². The minimum atomic E-state index is -1.05. The summed E-state index contributed by atoms with van der Waals surface area (Å²) in [4.78, 5) is 22.5. The molecule has 4 N–H and O–H groups in total. The van der Waals surface area contributed by atoms with E-state index in [0.29, 0.717) is 38.0 Å². The molecule has 198 valence electrons. The second-order valence-corrected chi connectivity index (χ2v) is 9.50. The molecule has 1 rings (SSSR count). The zero-order valence-electron chi connectivity index (χ0n) is 22.9. The third kappa shape index (κ3) is 15.2. The van der Waals surface area contributed by atoms with Gasteiger partial charge in [-0.25, -0.2) is 4.79 Å². The van der Waals surface area contributed by atoms with E-state index in [1.807, 2.05) is 19.1 Å². The van der Waals surface area contributed by atoms with Crippen LogP contribution in [0.5, 0.6) is 0 Å². The SMILES string of the molecule is C/C(=C\C(=O)OCCCCCCCCC(=O)O)C[C@@H]1OC[C@H](C/C=C/[C@@H](C)[C@H](C)O)[C@@H](O)[C@H]1O.[H-].[Na+]. The first kappa shape index (κ1) is 34.3. The molecule has 0 unspecified atom stereocenters. The van der Waals surface area contributed by atoms with Gasteiger partial charge in [-0.2, -0.15) is 0 Å². The third-order valence-electron chi connectivity index (χ3n) is 6.29. The molecule has 0 spiro atoms. The molecule has 0 aromatic heterocycles. The first-order valence-electron chi connectivity index (χ1n) is 12.5. The number of carbonyl (C=O) groups excluding carboxylic acids is 1. The van der Waals surface area contributed by atoms with Crippen LogP contribution in [0.3, 0.4) is 0 Å². The van der Waals surface area contributed by atoms with Crippen molar-refractivity contribution in [2.24, 2.45) is 11.8 Å². The minimum Gasteiger partial charge on any atom is -1.00 e. The van der Waals surface area contributed by atoms with Gasteiger partial charge in [-0.3, -0.25) is 4.79 Å². The molecule has 0 saturated carbocycles. The van der Waals surface area contributed by atoms with Crippen LogP contribution in [0.2, 0.25) is 0 Å². The molecular weight excluding hydrogens is 463 g/mol. The fraction of sp³-hybridized carbons (Fsp3) is 0.769. The van der Waals surface area contributed by atoms with Crippen LogP contribution in [0.1, 0.15) is 80.0 Å². The molecule has 1 aliphatic heterocycles. The molecule has 0 amide bonds. The van der Waals surface area contributed by atoms with Crippen LogP contribution in [-0.2, 0) is 19.1 Å². The Bertz CT molecular complexity index is 670. The van der Waals surface area contributed by atoms with Gasteiger partial charge in [0.1, 0.15) is 6.10 Å². The molecule has 1 aliphatic rings. The number of aliphatic carboxylic acids is 1. The largest absolute Gasteiger partial charge is 1.00 e. The average molecular weight is 509 g/mol. The number of hydrogen-bond acceptors (Lipinski definition) is 7. The van der Waals surface area contributed by atoms with E-state index in [4.69, 9.17) is 14.6 Å². The smallest absolute Gasteiger partial charge is 1.00 e. The topological polar surface area (TPSA) is 134 Å². The van der Waals surface area contributed by atoms with Gasteiger partial charge < -0.3 is 31.3 Å². The zero-order valence-corrected chi connectivity index (χ0v) is 23.9. The number of allylic oxidation sites excluding steroid dienone is 1. The second kappa shape index (κ2) is 19.4. The van der Waals surface area contributed by atoms with Crippen molar-refractivity contribution in [3.63, 3.8) is 0 Å². The van der Waals surface area contributed by atoms with Crippen LogP contribution in [-0.4, -0.2) is 70.0 Å². The van der Waals surface area contributed by atoms with Crippen LogP contribution in [0.25, 0.3) is 0 Å². The van der Waals surface area contributed by atoms with Gasteiger partial charge in [-0.15, -0.1) is 0 Å². The van der Waals surface area contributed by atoms with Gasteiger partial charge in [0.25, 0.3) is 0 Å². The van der Waals surface area contributed by atoms with E-state index in [1.54, 1.807) is 13.8 Å². The number of carboxylic acid groups (broad SMARTS) is 1. The number of aliphatic hydroxyl groups excluding tert-OH is 3. The van der Waals surface area contributed by atoms with Gasteiger partial charge in [-0.05, 0) is 45.4 Å². The number of aliphatic hydroxyl groups is 3. The summed E-state index contributed by atoms with van der Waals surface area (Å²) >= 11 is 0. The summed E-state index contributed by atoms with van der Waals surface area (Å²) in [7, 11) is 0. The summed E-state index contributed by atoms with van der Waals surface area (Å²) in [6.45, 7) is 6.05. The summed E-state index contributed by atoms with van der Waals surface area (Å²) in [5.41, 5.74) is 0.712. The number of carbonyl (C=O) groups is 2. The molecule has 1 heterocycles. The number of hydrogen-bond donors (Lipinski definition) is 4. The maximum atomic E-state index is 12.0. The summed E-state index contributed by atoms with van der Waals surface area (Å²) in [5, 5.41) is 39.1. The van der Waals surface area contributed by atoms with Gasteiger partial charge >= 0.3 is 41.5 Å². The van der Waals surface area contributed by atoms with E-state index in [2.05, 4.69) is 0 Å². The molecular formula is C26H45NaO8. The Morgan fingerprint density at radius 2 is 1.71 bits per heavy atom. The molecule has 1 saturated heterocycles. The normalized spacial score (nSPS) is 24.6.